The summed E-state index contributed by atoms with van der Waals surface area (Å²) in [5, 5.41) is 0. The molecule has 0 aromatic carbocycles. The van der Waals surface area contributed by atoms with Gasteiger partial charge in [0.15, 0.2) is 0 Å². The predicted octanol–water partition coefficient (Wildman–Crippen LogP) is 2.35. The molecule has 1 aliphatic carbocycles. The molecular weight excluding hydrogens is 188 g/mol. The molecule has 1 saturated carbocycles. The molecule has 0 unspecified atom stereocenters. The van der Waals surface area contributed by atoms with Crippen molar-refractivity contribution in [1.82, 2.24) is 10.5 Å². The van der Waals surface area contributed by atoms with E-state index in [0.29, 0.717) is 6.10 Å². The number of pyridine rings is 1. The van der Waals surface area contributed by atoms with E-state index in [1.807, 2.05) is 19.2 Å². The first-order chi connectivity index (χ1) is 7.34. The molecule has 1 fully saturated rings. The highest BCUT2D eigenvalue weighted by atomic mass is 16.7. The van der Waals surface area contributed by atoms with Crippen molar-refractivity contribution < 1.29 is 4.84 Å². The van der Waals surface area contributed by atoms with E-state index in [0.717, 1.165) is 12.2 Å². The Morgan fingerprint density at radius 3 is 2.87 bits per heavy atom. The van der Waals surface area contributed by atoms with Crippen molar-refractivity contribution in [1.29, 1.82) is 0 Å². The second-order valence-corrected chi connectivity index (χ2v) is 4.15. The minimum Gasteiger partial charge on any atom is -0.298 e. The molecular formula is C12H18N2O. The monoisotopic (exact) mass is 206 g/mol. The zero-order valence-corrected chi connectivity index (χ0v) is 9.20. The Balaban J connectivity index is 1.71. The summed E-state index contributed by atoms with van der Waals surface area (Å²) in [4.78, 5) is 9.79. The van der Waals surface area contributed by atoms with Crippen molar-refractivity contribution >= 4 is 0 Å². The summed E-state index contributed by atoms with van der Waals surface area (Å²) in [6.45, 7) is 2.73. The Hall–Kier alpha value is -0.930. The summed E-state index contributed by atoms with van der Waals surface area (Å²) in [6, 6.07) is 4.10. The molecule has 1 aliphatic rings. The molecule has 82 valence electrons. The lowest BCUT2D eigenvalue weighted by atomic mass is 10.2. The van der Waals surface area contributed by atoms with Crippen LogP contribution in [0.15, 0.2) is 18.3 Å². The lowest BCUT2D eigenvalue weighted by Gasteiger charge is -2.11. The lowest BCUT2D eigenvalue weighted by molar-refractivity contribution is -0.0244. The van der Waals surface area contributed by atoms with Crippen LogP contribution >= 0.6 is 0 Å². The zero-order valence-electron chi connectivity index (χ0n) is 9.20. The van der Waals surface area contributed by atoms with E-state index in [1.54, 1.807) is 0 Å². The highest BCUT2D eigenvalue weighted by molar-refractivity contribution is 5.12. The summed E-state index contributed by atoms with van der Waals surface area (Å²) in [7, 11) is 0. The van der Waals surface area contributed by atoms with Gasteiger partial charge in [0.25, 0.3) is 0 Å². The minimum absolute atomic E-state index is 0.420. The quantitative estimate of drug-likeness (QED) is 0.768. The van der Waals surface area contributed by atoms with Crippen LogP contribution in [-0.4, -0.2) is 11.1 Å². The van der Waals surface area contributed by atoms with Crippen molar-refractivity contribution in [2.45, 2.75) is 45.3 Å². The van der Waals surface area contributed by atoms with Gasteiger partial charge in [-0.25, -0.2) is 0 Å². The standard InChI is InChI=1S/C12H18N2O/c1-10-6-7-11(8-13-10)9-14-15-12-4-2-3-5-12/h6-8,12,14H,2-5,9H2,1H3. The highest BCUT2D eigenvalue weighted by Crippen LogP contribution is 2.19. The average Bonchev–Trinajstić information content (AvgIpc) is 2.74. The number of aromatic nitrogens is 1. The van der Waals surface area contributed by atoms with E-state index in [4.69, 9.17) is 4.84 Å². The van der Waals surface area contributed by atoms with Crippen molar-refractivity contribution in [2.75, 3.05) is 0 Å². The molecule has 0 spiro atoms. The summed E-state index contributed by atoms with van der Waals surface area (Å²) >= 11 is 0. The van der Waals surface area contributed by atoms with Gasteiger partial charge in [-0.3, -0.25) is 9.82 Å². The van der Waals surface area contributed by atoms with E-state index in [9.17, 15) is 0 Å². The summed E-state index contributed by atoms with van der Waals surface area (Å²) in [5.74, 6) is 0. The molecule has 1 aromatic rings. The van der Waals surface area contributed by atoms with Crippen molar-refractivity contribution in [3.63, 3.8) is 0 Å². The number of hydroxylamine groups is 1. The number of nitrogens with zero attached hydrogens (tertiary/aromatic N) is 1. The first-order valence-corrected chi connectivity index (χ1v) is 5.64. The Bertz CT molecular complexity index is 291. The predicted molar refractivity (Wildman–Crippen MR) is 59.2 cm³/mol. The fourth-order valence-corrected chi connectivity index (χ4v) is 1.85. The van der Waals surface area contributed by atoms with Gasteiger partial charge in [-0.15, -0.1) is 0 Å². The van der Waals surface area contributed by atoms with Gasteiger partial charge in [0.05, 0.1) is 6.10 Å². The Morgan fingerprint density at radius 2 is 2.20 bits per heavy atom. The van der Waals surface area contributed by atoms with Gasteiger partial charge in [-0.1, -0.05) is 18.9 Å². The molecule has 0 bridgehead atoms. The maximum Gasteiger partial charge on any atom is 0.0790 e. The van der Waals surface area contributed by atoms with Crippen LogP contribution < -0.4 is 5.48 Å². The third kappa shape index (κ3) is 3.29. The molecule has 1 heterocycles. The molecule has 0 amide bonds. The van der Waals surface area contributed by atoms with Crippen molar-refractivity contribution in [2.24, 2.45) is 0 Å². The highest BCUT2D eigenvalue weighted by Gasteiger charge is 2.15. The molecule has 0 atom stereocenters. The van der Waals surface area contributed by atoms with Gasteiger partial charge in [0, 0.05) is 18.4 Å². The van der Waals surface area contributed by atoms with Gasteiger partial charge in [0.2, 0.25) is 0 Å². The third-order valence-electron chi connectivity index (χ3n) is 2.80. The topological polar surface area (TPSA) is 34.1 Å². The zero-order chi connectivity index (χ0) is 10.5. The van der Waals surface area contributed by atoms with Crippen LogP contribution in [0.1, 0.15) is 36.9 Å². The van der Waals surface area contributed by atoms with E-state index in [1.165, 1.54) is 31.2 Å². The van der Waals surface area contributed by atoms with Crippen LogP contribution in [0, 0.1) is 6.92 Å². The van der Waals surface area contributed by atoms with Gasteiger partial charge in [0.1, 0.15) is 0 Å². The van der Waals surface area contributed by atoms with Crippen LogP contribution in [0.3, 0.4) is 0 Å². The maximum absolute atomic E-state index is 5.56. The second-order valence-electron chi connectivity index (χ2n) is 4.15. The molecule has 0 saturated heterocycles. The molecule has 15 heavy (non-hydrogen) atoms. The fourth-order valence-electron chi connectivity index (χ4n) is 1.85. The van der Waals surface area contributed by atoms with Crippen LogP contribution in [0.4, 0.5) is 0 Å². The molecule has 0 radical (unpaired) electrons. The van der Waals surface area contributed by atoms with E-state index < -0.39 is 0 Å². The van der Waals surface area contributed by atoms with Gasteiger partial charge < -0.3 is 0 Å². The van der Waals surface area contributed by atoms with Crippen molar-refractivity contribution in [3.8, 4) is 0 Å². The van der Waals surface area contributed by atoms with Crippen LogP contribution in [0.2, 0.25) is 0 Å². The Labute approximate surface area is 90.8 Å². The van der Waals surface area contributed by atoms with Crippen LogP contribution in [0.5, 0.6) is 0 Å². The molecule has 3 heteroatoms. The number of aryl methyl sites for hydroxylation is 1. The maximum atomic E-state index is 5.56. The molecule has 0 aliphatic heterocycles. The minimum atomic E-state index is 0.420. The fraction of sp³-hybridized carbons (Fsp3) is 0.583. The van der Waals surface area contributed by atoms with Crippen LogP contribution in [0.25, 0.3) is 0 Å². The normalized spacial score (nSPS) is 17.1. The van der Waals surface area contributed by atoms with Gasteiger partial charge in [-0.05, 0) is 31.4 Å². The Kier molecular flexibility index (Phi) is 3.69. The number of hydrogen-bond acceptors (Lipinski definition) is 3. The third-order valence-corrected chi connectivity index (χ3v) is 2.80. The molecule has 3 nitrogen and oxygen atoms in total. The van der Waals surface area contributed by atoms with E-state index in [-0.39, 0.29) is 0 Å². The Morgan fingerprint density at radius 1 is 1.40 bits per heavy atom. The number of rotatable bonds is 4. The largest absolute Gasteiger partial charge is 0.298 e. The summed E-state index contributed by atoms with van der Waals surface area (Å²) in [6.07, 6.45) is 7.30. The SMILES string of the molecule is Cc1ccc(CNOC2CCCC2)cn1. The first-order valence-electron chi connectivity index (χ1n) is 5.64. The van der Waals surface area contributed by atoms with Gasteiger partial charge in [-0.2, -0.15) is 5.48 Å². The first kappa shape index (κ1) is 10.6. The van der Waals surface area contributed by atoms with Gasteiger partial charge >= 0.3 is 0 Å². The number of hydrogen-bond donors (Lipinski definition) is 1. The summed E-state index contributed by atoms with van der Waals surface area (Å²) < 4.78 is 0. The second kappa shape index (κ2) is 5.24. The van der Waals surface area contributed by atoms with Crippen LogP contribution in [-0.2, 0) is 11.4 Å². The smallest absolute Gasteiger partial charge is 0.0790 e. The molecule has 1 N–H and O–H groups in total. The lowest BCUT2D eigenvalue weighted by Crippen LogP contribution is -2.21. The van der Waals surface area contributed by atoms with E-state index >= 15 is 0 Å². The molecule has 2 rings (SSSR count). The average molecular weight is 206 g/mol. The molecule has 1 aromatic heterocycles. The number of nitrogens with one attached hydrogen (secondary N) is 1. The van der Waals surface area contributed by atoms with E-state index in [2.05, 4.69) is 16.5 Å². The van der Waals surface area contributed by atoms with Crippen molar-refractivity contribution in [3.05, 3.63) is 29.6 Å². The summed E-state index contributed by atoms with van der Waals surface area (Å²) in [5.41, 5.74) is 5.24.